The van der Waals surface area contributed by atoms with E-state index in [1.54, 1.807) is 0 Å². The van der Waals surface area contributed by atoms with Crippen molar-refractivity contribution in [1.82, 2.24) is 5.32 Å². The fourth-order valence-electron chi connectivity index (χ4n) is 1.90. The van der Waals surface area contributed by atoms with Gasteiger partial charge in [-0.2, -0.15) is 0 Å². The SMILES string of the molecule is C#CCCCCNC(C)c1ccc(OCC(C)C)cc1. The number of hydrogen-bond acceptors (Lipinski definition) is 2. The van der Waals surface area contributed by atoms with Crippen molar-refractivity contribution < 1.29 is 4.74 Å². The first-order chi connectivity index (χ1) is 9.63. The molecule has 1 unspecified atom stereocenters. The van der Waals surface area contributed by atoms with Gasteiger partial charge < -0.3 is 10.1 Å². The molecule has 0 heterocycles. The third-order valence-electron chi connectivity index (χ3n) is 3.16. The summed E-state index contributed by atoms with van der Waals surface area (Å²) in [6.45, 7) is 8.27. The summed E-state index contributed by atoms with van der Waals surface area (Å²) in [6, 6.07) is 8.73. The lowest BCUT2D eigenvalue weighted by Gasteiger charge is -2.15. The molecule has 0 aliphatic rings. The van der Waals surface area contributed by atoms with Crippen molar-refractivity contribution >= 4 is 0 Å². The van der Waals surface area contributed by atoms with Gasteiger partial charge in [0.15, 0.2) is 0 Å². The summed E-state index contributed by atoms with van der Waals surface area (Å²) in [7, 11) is 0. The number of unbranched alkanes of at least 4 members (excludes halogenated alkanes) is 2. The lowest BCUT2D eigenvalue weighted by Crippen LogP contribution is -2.19. The average molecular weight is 273 g/mol. The van der Waals surface area contributed by atoms with Gasteiger partial charge >= 0.3 is 0 Å². The van der Waals surface area contributed by atoms with Crippen molar-refractivity contribution in [2.24, 2.45) is 5.92 Å². The van der Waals surface area contributed by atoms with E-state index in [1.807, 2.05) is 12.1 Å². The zero-order valence-electron chi connectivity index (χ0n) is 13.0. The van der Waals surface area contributed by atoms with Gasteiger partial charge in [0.25, 0.3) is 0 Å². The van der Waals surface area contributed by atoms with Crippen LogP contribution in [0.1, 0.15) is 51.6 Å². The fraction of sp³-hybridized carbons (Fsp3) is 0.556. The molecule has 1 N–H and O–H groups in total. The smallest absolute Gasteiger partial charge is 0.119 e. The van der Waals surface area contributed by atoms with Gasteiger partial charge in [0, 0.05) is 12.5 Å². The Hall–Kier alpha value is -1.46. The second kappa shape index (κ2) is 9.44. The molecule has 1 aromatic carbocycles. The van der Waals surface area contributed by atoms with Crippen molar-refractivity contribution in [3.63, 3.8) is 0 Å². The van der Waals surface area contributed by atoms with Crippen molar-refractivity contribution in [3.05, 3.63) is 29.8 Å². The molecule has 0 bridgehead atoms. The van der Waals surface area contributed by atoms with E-state index < -0.39 is 0 Å². The van der Waals surface area contributed by atoms with Gasteiger partial charge in [0.2, 0.25) is 0 Å². The molecule has 0 aromatic heterocycles. The summed E-state index contributed by atoms with van der Waals surface area (Å²) in [6.07, 6.45) is 8.33. The van der Waals surface area contributed by atoms with Crippen LogP contribution in [0.3, 0.4) is 0 Å². The molecule has 0 amide bonds. The Kier molecular flexibility index (Phi) is 7.84. The predicted octanol–water partition coefficient (Wildman–Crippen LogP) is 4.18. The van der Waals surface area contributed by atoms with Crippen molar-refractivity contribution in [3.8, 4) is 18.1 Å². The average Bonchev–Trinajstić information content (AvgIpc) is 2.45. The normalized spacial score (nSPS) is 12.2. The molecule has 2 heteroatoms. The highest BCUT2D eigenvalue weighted by Crippen LogP contribution is 2.18. The van der Waals surface area contributed by atoms with Gasteiger partial charge in [-0.3, -0.25) is 0 Å². The zero-order chi connectivity index (χ0) is 14.8. The lowest BCUT2D eigenvalue weighted by atomic mass is 10.1. The highest BCUT2D eigenvalue weighted by atomic mass is 16.5. The van der Waals surface area contributed by atoms with Gasteiger partial charge in [0.1, 0.15) is 5.75 Å². The van der Waals surface area contributed by atoms with Crippen LogP contribution in [0.25, 0.3) is 0 Å². The van der Waals surface area contributed by atoms with Gasteiger partial charge in [-0.15, -0.1) is 12.3 Å². The van der Waals surface area contributed by atoms with Gasteiger partial charge in [-0.05, 0) is 49.9 Å². The summed E-state index contributed by atoms with van der Waals surface area (Å²) >= 11 is 0. The molecule has 0 saturated carbocycles. The molecule has 2 nitrogen and oxygen atoms in total. The van der Waals surface area contributed by atoms with Crippen LogP contribution in [0.4, 0.5) is 0 Å². The van der Waals surface area contributed by atoms with Crippen LogP contribution in [-0.4, -0.2) is 13.2 Å². The third-order valence-corrected chi connectivity index (χ3v) is 3.16. The highest BCUT2D eigenvalue weighted by Gasteiger charge is 2.04. The van der Waals surface area contributed by atoms with Crippen LogP contribution < -0.4 is 10.1 Å². The monoisotopic (exact) mass is 273 g/mol. The van der Waals surface area contributed by atoms with Crippen LogP contribution in [0.5, 0.6) is 5.75 Å². The minimum atomic E-state index is 0.361. The Morgan fingerprint density at radius 1 is 1.15 bits per heavy atom. The Bertz CT molecular complexity index is 402. The lowest BCUT2D eigenvalue weighted by molar-refractivity contribution is 0.271. The number of nitrogens with one attached hydrogen (secondary N) is 1. The number of hydrogen-bond donors (Lipinski definition) is 1. The molecular weight excluding hydrogens is 246 g/mol. The molecular formula is C18H27NO. The number of ether oxygens (including phenoxy) is 1. The number of terminal acetylenes is 1. The topological polar surface area (TPSA) is 21.3 Å². The first-order valence-electron chi connectivity index (χ1n) is 7.53. The van der Waals surface area contributed by atoms with E-state index in [1.165, 1.54) is 5.56 Å². The van der Waals surface area contributed by atoms with E-state index >= 15 is 0 Å². The molecule has 0 saturated heterocycles. The third kappa shape index (κ3) is 6.63. The molecule has 0 spiro atoms. The summed E-state index contributed by atoms with van der Waals surface area (Å²) in [5.74, 6) is 4.17. The van der Waals surface area contributed by atoms with Crippen LogP contribution in [-0.2, 0) is 0 Å². The maximum Gasteiger partial charge on any atom is 0.119 e. The van der Waals surface area contributed by atoms with Crippen LogP contribution in [0.2, 0.25) is 0 Å². The first-order valence-corrected chi connectivity index (χ1v) is 7.53. The Labute approximate surface area is 123 Å². The minimum Gasteiger partial charge on any atom is -0.493 e. The number of rotatable bonds is 9. The van der Waals surface area contributed by atoms with E-state index in [0.29, 0.717) is 12.0 Å². The molecule has 0 aliphatic carbocycles. The zero-order valence-corrected chi connectivity index (χ0v) is 13.0. The Morgan fingerprint density at radius 3 is 2.45 bits per heavy atom. The molecule has 0 radical (unpaired) electrons. The largest absolute Gasteiger partial charge is 0.493 e. The second-order valence-electron chi connectivity index (χ2n) is 5.61. The van der Waals surface area contributed by atoms with E-state index in [9.17, 15) is 0 Å². The van der Waals surface area contributed by atoms with Gasteiger partial charge in [0.05, 0.1) is 6.61 Å². The van der Waals surface area contributed by atoms with Crippen LogP contribution in [0, 0.1) is 18.3 Å². The summed E-state index contributed by atoms with van der Waals surface area (Å²) in [5.41, 5.74) is 1.29. The minimum absolute atomic E-state index is 0.361. The molecule has 1 aromatic rings. The van der Waals surface area contributed by atoms with Crippen LogP contribution >= 0.6 is 0 Å². The molecule has 1 rings (SSSR count). The van der Waals surface area contributed by atoms with Crippen molar-refractivity contribution in [1.29, 1.82) is 0 Å². The van der Waals surface area contributed by atoms with Crippen LogP contribution in [0.15, 0.2) is 24.3 Å². The van der Waals surface area contributed by atoms with E-state index in [2.05, 4.69) is 44.1 Å². The molecule has 0 fully saturated rings. The maximum atomic E-state index is 5.69. The maximum absolute atomic E-state index is 5.69. The molecule has 110 valence electrons. The van der Waals surface area contributed by atoms with E-state index in [-0.39, 0.29) is 0 Å². The van der Waals surface area contributed by atoms with E-state index in [0.717, 1.165) is 38.2 Å². The molecule has 20 heavy (non-hydrogen) atoms. The standard InChI is InChI=1S/C18H27NO/c1-5-6-7-8-13-19-16(4)17-9-11-18(12-10-17)20-14-15(2)3/h1,9-12,15-16,19H,6-8,13-14H2,2-4H3. The van der Waals surface area contributed by atoms with Gasteiger partial charge in [-0.1, -0.05) is 26.0 Å². The fourth-order valence-corrected chi connectivity index (χ4v) is 1.90. The van der Waals surface area contributed by atoms with Crippen molar-refractivity contribution in [2.75, 3.05) is 13.2 Å². The first kappa shape index (κ1) is 16.6. The quantitative estimate of drug-likeness (QED) is 0.538. The van der Waals surface area contributed by atoms with Crippen molar-refractivity contribution in [2.45, 2.75) is 46.1 Å². The predicted molar refractivity (Wildman–Crippen MR) is 85.9 cm³/mol. The van der Waals surface area contributed by atoms with Gasteiger partial charge in [-0.25, -0.2) is 0 Å². The second-order valence-corrected chi connectivity index (χ2v) is 5.61. The van der Waals surface area contributed by atoms with E-state index in [4.69, 9.17) is 11.2 Å². The number of benzene rings is 1. The molecule has 0 aliphatic heterocycles. The Morgan fingerprint density at radius 2 is 1.85 bits per heavy atom. The summed E-state index contributed by atoms with van der Waals surface area (Å²) < 4.78 is 5.69. The Balaban J connectivity index is 2.33. The summed E-state index contributed by atoms with van der Waals surface area (Å²) in [4.78, 5) is 0. The summed E-state index contributed by atoms with van der Waals surface area (Å²) in [5, 5.41) is 3.52. The highest BCUT2D eigenvalue weighted by molar-refractivity contribution is 5.28. The molecule has 1 atom stereocenters.